The van der Waals surface area contributed by atoms with Crippen molar-refractivity contribution < 1.29 is 17.9 Å². The molecule has 0 aliphatic rings. The summed E-state index contributed by atoms with van der Waals surface area (Å²) in [4.78, 5) is 4.25. The van der Waals surface area contributed by atoms with E-state index in [0.29, 0.717) is 37.8 Å². The van der Waals surface area contributed by atoms with Gasteiger partial charge in [-0.25, -0.2) is 18.1 Å². The van der Waals surface area contributed by atoms with Gasteiger partial charge in [-0.3, -0.25) is 4.68 Å². The number of aromatic nitrogens is 3. The van der Waals surface area contributed by atoms with E-state index in [1.807, 2.05) is 0 Å². The summed E-state index contributed by atoms with van der Waals surface area (Å²) in [5.41, 5.74) is 0. The van der Waals surface area contributed by atoms with Gasteiger partial charge in [-0.1, -0.05) is 0 Å². The highest BCUT2D eigenvalue weighted by molar-refractivity contribution is 7.89. The van der Waals surface area contributed by atoms with Crippen LogP contribution in [0.2, 0.25) is 0 Å². The van der Waals surface area contributed by atoms with Crippen molar-refractivity contribution in [1.29, 1.82) is 0 Å². The predicted molar refractivity (Wildman–Crippen MR) is 99.0 cm³/mol. The molecule has 0 bridgehead atoms. The molecule has 0 saturated carbocycles. The zero-order chi connectivity index (χ0) is 18.1. The van der Waals surface area contributed by atoms with Gasteiger partial charge in [0, 0.05) is 33.8 Å². The Hall–Kier alpha value is -1.72. The van der Waals surface area contributed by atoms with Crippen LogP contribution in [0, 0.1) is 0 Å². The molecule has 1 aromatic carbocycles. The van der Waals surface area contributed by atoms with Crippen LogP contribution >= 0.6 is 12.4 Å². The average molecular weight is 406 g/mol. The molecule has 0 aliphatic carbocycles. The minimum atomic E-state index is -3.54. The Morgan fingerprint density at radius 3 is 2.50 bits per heavy atom. The van der Waals surface area contributed by atoms with Crippen molar-refractivity contribution in [1.82, 2.24) is 24.8 Å². The summed E-state index contributed by atoms with van der Waals surface area (Å²) in [7, 11) is -0.147. The summed E-state index contributed by atoms with van der Waals surface area (Å²) >= 11 is 0. The first-order chi connectivity index (χ1) is 12.0. The largest absolute Gasteiger partial charge is 0.486 e. The zero-order valence-electron chi connectivity index (χ0n) is 14.7. The van der Waals surface area contributed by atoms with Crippen molar-refractivity contribution >= 4 is 22.4 Å². The number of nitrogens with zero attached hydrogens (tertiary/aromatic N) is 3. The van der Waals surface area contributed by atoms with Crippen molar-refractivity contribution in [2.24, 2.45) is 7.05 Å². The molecule has 0 radical (unpaired) electrons. The molecule has 2 rings (SSSR count). The van der Waals surface area contributed by atoms with Crippen molar-refractivity contribution in [3.8, 4) is 5.75 Å². The predicted octanol–water partition coefficient (Wildman–Crippen LogP) is 0.330. The maximum Gasteiger partial charge on any atom is 0.240 e. The Morgan fingerprint density at radius 1 is 1.15 bits per heavy atom. The lowest BCUT2D eigenvalue weighted by molar-refractivity contribution is 0.199. The van der Waals surface area contributed by atoms with Crippen LogP contribution in [0.3, 0.4) is 0 Å². The highest BCUT2D eigenvalue weighted by atomic mass is 35.5. The molecule has 1 aromatic heterocycles. The van der Waals surface area contributed by atoms with Crippen molar-refractivity contribution in [3.05, 3.63) is 36.4 Å². The molecule has 0 atom stereocenters. The number of sulfonamides is 1. The van der Waals surface area contributed by atoms with E-state index in [4.69, 9.17) is 9.47 Å². The van der Waals surface area contributed by atoms with Crippen LogP contribution in [0.25, 0.3) is 0 Å². The molecule has 1 heterocycles. The topological polar surface area (TPSA) is 107 Å². The van der Waals surface area contributed by atoms with E-state index >= 15 is 0 Å². The minimum Gasteiger partial charge on any atom is -0.486 e. The Bertz CT molecular complexity index is 752. The van der Waals surface area contributed by atoms with E-state index in [1.165, 1.54) is 18.5 Å². The first-order valence-corrected chi connectivity index (χ1v) is 9.26. The molecule has 2 aromatic rings. The number of ether oxygens (including phenoxy) is 2. The quantitative estimate of drug-likeness (QED) is 0.519. The van der Waals surface area contributed by atoms with E-state index in [2.05, 4.69) is 20.1 Å². The Kier molecular flexibility index (Phi) is 9.52. The second-order valence-corrected chi connectivity index (χ2v) is 6.97. The lowest BCUT2D eigenvalue weighted by Crippen LogP contribution is -2.33. The van der Waals surface area contributed by atoms with E-state index in [1.54, 1.807) is 31.0 Å². The summed E-state index contributed by atoms with van der Waals surface area (Å²) in [6, 6.07) is 6.24. The number of rotatable bonds is 11. The summed E-state index contributed by atoms with van der Waals surface area (Å²) < 4.78 is 39.0. The number of methoxy groups -OCH3 is 1. The molecule has 0 fully saturated rings. The number of benzene rings is 1. The lowest BCUT2D eigenvalue weighted by Gasteiger charge is -2.09. The van der Waals surface area contributed by atoms with Crippen LogP contribution in [0.1, 0.15) is 5.82 Å². The second kappa shape index (κ2) is 11.1. The minimum absolute atomic E-state index is 0. The summed E-state index contributed by atoms with van der Waals surface area (Å²) in [6.45, 7) is 2.35. The first-order valence-electron chi connectivity index (χ1n) is 7.78. The van der Waals surface area contributed by atoms with Gasteiger partial charge >= 0.3 is 0 Å². The Morgan fingerprint density at radius 2 is 1.88 bits per heavy atom. The SMILES string of the molecule is COCCNCCNS(=O)(=O)c1ccc(OCc2ncnn2C)cc1.Cl. The van der Waals surface area contributed by atoms with E-state index in [9.17, 15) is 8.42 Å². The van der Waals surface area contributed by atoms with Crippen LogP contribution in [-0.4, -0.2) is 56.5 Å². The molecule has 0 amide bonds. The highest BCUT2D eigenvalue weighted by Gasteiger charge is 2.13. The van der Waals surface area contributed by atoms with Crippen LogP contribution in [0.15, 0.2) is 35.5 Å². The van der Waals surface area contributed by atoms with Gasteiger partial charge in [-0.2, -0.15) is 5.10 Å². The molecule has 0 aliphatic heterocycles. The van der Waals surface area contributed by atoms with Gasteiger partial charge in [0.05, 0.1) is 11.5 Å². The summed E-state index contributed by atoms with van der Waals surface area (Å²) in [5, 5.41) is 7.02. The molecule has 146 valence electrons. The van der Waals surface area contributed by atoms with E-state index in [-0.39, 0.29) is 23.9 Å². The number of halogens is 1. The lowest BCUT2D eigenvalue weighted by atomic mass is 10.3. The van der Waals surface area contributed by atoms with Crippen molar-refractivity contribution in [2.75, 3.05) is 33.4 Å². The summed E-state index contributed by atoms with van der Waals surface area (Å²) in [6.07, 6.45) is 1.45. The number of aryl methyl sites for hydroxylation is 1. The zero-order valence-corrected chi connectivity index (χ0v) is 16.3. The fourth-order valence-corrected chi connectivity index (χ4v) is 3.00. The van der Waals surface area contributed by atoms with E-state index < -0.39 is 10.0 Å². The van der Waals surface area contributed by atoms with Crippen molar-refractivity contribution in [2.45, 2.75) is 11.5 Å². The molecule has 2 N–H and O–H groups in total. The van der Waals surface area contributed by atoms with Gasteiger partial charge in [0.15, 0.2) is 5.82 Å². The third-order valence-corrected chi connectivity index (χ3v) is 4.86. The van der Waals surface area contributed by atoms with Crippen LogP contribution < -0.4 is 14.8 Å². The number of nitrogens with one attached hydrogen (secondary N) is 2. The maximum atomic E-state index is 12.2. The van der Waals surface area contributed by atoms with Gasteiger partial charge in [0.2, 0.25) is 10.0 Å². The highest BCUT2D eigenvalue weighted by Crippen LogP contribution is 2.16. The fraction of sp³-hybridized carbons (Fsp3) is 0.467. The smallest absolute Gasteiger partial charge is 0.240 e. The van der Waals surface area contributed by atoms with Crippen LogP contribution in [-0.2, 0) is 28.4 Å². The normalized spacial score (nSPS) is 11.2. The maximum absolute atomic E-state index is 12.2. The molecular formula is C15H24ClN5O4S. The molecule has 0 spiro atoms. The number of hydrogen-bond donors (Lipinski definition) is 2. The van der Waals surface area contributed by atoms with Crippen LogP contribution in [0.4, 0.5) is 0 Å². The standard InChI is InChI=1S/C15H23N5O4S.ClH/c1-20-15(17-12-18-20)11-24-13-3-5-14(6-4-13)25(21,22)19-8-7-16-9-10-23-2;/h3-6,12,16,19H,7-11H2,1-2H3;1H. The Balaban J connectivity index is 0.00000338. The molecule has 26 heavy (non-hydrogen) atoms. The van der Waals surface area contributed by atoms with Gasteiger partial charge in [-0.15, -0.1) is 12.4 Å². The third kappa shape index (κ3) is 6.89. The second-order valence-electron chi connectivity index (χ2n) is 5.20. The van der Waals surface area contributed by atoms with Gasteiger partial charge < -0.3 is 14.8 Å². The van der Waals surface area contributed by atoms with Gasteiger partial charge in [-0.05, 0) is 24.3 Å². The average Bonchev–Trinajstić information content (AvgIpc) is 3.01. The fourth-order valence-electron chi connectivity index (χ4n) is 1.97. The monoisotopic (exact) mass is 405 g/mol. The molecule has 9 nitrogen and oxygen atoms in total. The van der Waals surface area contributed by atoms with Gasteiger partial charge in [0.25, 0.3) is 0 Å². The van der Waals surface area contributed by atoms with Crippen LogP contribution in [0.5, 0.6) is 5.75 Å². The molecular weight excluding hydrogens is 382 g/mol. The third-order valence-electron chi connectivity index (χ3n) is 3.38. The molecule has 0 saturated heterocycles. The molecule has 11 heteroatoms. The van der Waals surface area contributed by atoms with Gasteiger partial charge in [0.1, 0.15) is 18.7 Å². The first kappa shape index (κ1) is 22.3. The molecule has 0 unspecified atom stereocenters. The van der Waals surface area contributed by atoms with Crippen molar-refractivity contribution in [3.63, 3.8) is 0 Å². The van der Waals surface area contributed by atoms with E-state index in [0.717, 1.165) is 0 Å². The summed E-state index contributed by atoms with van der Waals surface area (Å²) in [5.74, 6) is 1.24. The number of hydrogen-bond acceptors (Lipinski definition) is 7. The Labute approximate surface area is 159 Å².